The molecule has 1 fully saturated rings. The maximum atomic E-state index is 12.4. The van der Waals surface area contributed by atoms with E-state index in [9.17, 15) is 4.79 Å². The van der Waals surface area contributed by atoms with Crippen LogP contribution < -0.4 is 11.1 Å². The fourth-order valence-electron chi connectivity index (χ4n) is 3.03. The highest BCUT2D eigenvalue weighted by atomic mass is 16.1. The average Bonchev–Trinajstić information content (AvgIpc) is 2.42. The molecular formula is C16H24N2O. The Morgan fingerprint density at radius 2 is 2.11 bits per heavy atom. The molecule has 2 unspecified atom stereocenters. The van der Waals surface area contributed by atoms with Crippen LogP contribution in [-0.2, 0) is 0 Å². The van der Waals surface area contributed by atoms with E-state index in [-0.39, 0.29) is 5.91 Å². The van der Waals surface area contributed by atoms with Gasteiger partial charge in [-0.2, -0.15) is 0 Å². The third kappa shape index (κ3) is 3.09. The fourth-order valence-corrected chi connectivity index (χ4v) is 3.03. The molecule has 0 saturated heterocycles. The van der Waals surface area contributed by atoms with Gasteiger partial charge in [-0.3, -0.25) is 4.79 Å². The Morgan fingerprint density at radius 3 is 2.84 bits per heavy atom. The van der Waals surface area contributed by atoms with Crippen molar-refractivity contribution in [3.8, 4) is 0 Å². The molecule has 1 aliphatic carbocycles. The summed E-state index contributed by atoms with van der Waals surface area (Å²) < 4.78 is 0. The number of anilines is 1. The first kappa shape index (κ1) is 13.9. The number of nitrogens with one attached hydrogen (secondary N) is 1. The molecule has 0 aromatic heterocycles. The van der Waals surface area contributed by atoms with Gasteiger partial charge in [-0.1, -0.05) is 32.3 Å². The molecule has 1 aromatic carbocycles. The van der Waals surface area contributed by atoms with Crippen LogP contribution in [0.15, 0.2) is 18.2 Å². The van der Waals surface area contributed by atoms with Crippen LogP contribution in [0.25, 0.3) is 0 Å². The van der Waals surface area contributed by atoms with E-state index in [0.29, 0.717) is 23.2 Å². The standard InChI is InChI=1S/C16H24N2O/c1-3-12-7-4-5-10-15(12)18-16(19)13-8-6-9-14(17)11(13)2/h6,8-9,12,15H,3-5,7,10,17H2,1-2H3,(H,18,19). The van der Waals surface area contributed by atoms with Crippen molar-refractivity contribution < 1.29 is 4.79 Å². The second kappa shape index (κ2) is 6.09. The molecule has 0 aliphatic heterocycles. The number of nitrogens with two attached hydrogens (primary N) is 1. The first-order chi connectivity index (χ1) is 9.13. The summed E-state index contributed by atoms with van der Waals surface area (Å²) >= 11 is 0. The molecule has 0 spiro atoms. The number of carbonyl (C=O) groups excluding carboxylic acids is 1. The monoisotopic (exact) mass is 260 g/mol. The average molecular weight is 260 g/mol. The number of hydrogen-bond acceptors (Lipinski definition) is 2. The first-order valence-corrected chi connectivity index (χ1v) is 7.29. The molecule has 0 radical (unpaired) electrons. The molecule has 2 rings (SSSR count). The van der Waals surface area contributed by atoms with Gasteiger partial charge < -0.3 is 11.1 Å². The Bertz CT molecular complexity index is 456. The number of benzene rings is 1. The zero-order valence-corrected chi connectivity index (χ0v) is 11.9. The number of rotatable bonds is 3. The van der Waals surface area contributed by atoms with Crippen molar-refractivity contribution in [1.29, 1.82) is 0 Å². The minimum Gasteiger partial charge on any atom is -0.398 e. The third-order valence-electron chi connectivity index (χ3n) is 4.37. The van der Waals surface area contributed by atoms with E-state index in [4.69, 9.17) is 5.73 Å². The highest BCUT2D eigenvalue weighted by molar-refractivity contribution is 5.97. The summed E-state index contributed by atoms with van der Waals surface area (Å²) in [5.74, 6) is 0.647. The summed E-state index contributed by atoms with van der Waals surface area (Å²) in [5.41, 5.74) is 8.14. The minimum absolute atomic E-state index is 0.0233. The maximum Gasteiger partial charge on any atom is 0.251 e. The van der Waals surface area contributed by atoms with E-state index < -0.39 is 0 Å². The smallest absolute Gasteiger partial charge is 0.251 e. The predicted molar refractivity (Wildman–Crippen MR) is 79.1 cm³/mol. The molecule has 1 aliphatic rings. The van der Waals surface area contributed by atoms with Gasteiger partial charge in [0.2, 0.25) is 0 Å². The Morgan fingerprint density at radius 1 is 1.37 bits per heavy atom. The quantitative estimate of drug-likeness (QED) is 0.819. The van der Waals surface area contributed by atoms with Crippen LogP contribution in [-0.4, -0.2) is 11.9 Å². The van der Waals surface area contributed by atoms with Crippen molar-refractivity contribution in [3.05, 3.63) is 29.3 Å². The molecule has 3 heteroatoms. The molecule has 1 aromatic rings. The van der Waals surface area contributed by atoms with Gasteiger partial charge in [-0.25, -0.2) is 0 Å². The third-order valence-corrected chi connectivity index (χ3v) is 4.37. The van der Waals surface area contributed by atoms with E-state index in [1.807, 2.05) is 25.1 Å². The Hall–Kier alpha value is -1.51. The lowest BCUT2D eigenvalue weighted by atomic mass is 9.82. The molecule has 1 saturated carbocycles. The summed E-state index contributed by atoms with van der Waals surface area (Å²) in [6.07, 6.45) is 5.99. The molecule has 0 bridgehead atoms. The molecule has 19 heavy (non-hydrogen) atoms. The molecule has 3 N–H and O–H groups in total. The first-order valence-electron chi connectivity index (χ1n) is 7.29. The zero-order chi connectivity index (χ0) is 13.8. The van der Waals surface area contributed by atoms with Crippen LogP contribution in [0.3, 0.4) is 0 Å². The van der Waals surface area contributed by atoms with Crippen LogP contribution >= 0.6 is 0 Å². The highest BCUT2D eigenvalue weighted by Gasteiger charge is 2.25. The zero-order valence-electron chi connectivity index (χ0n) is 11.9. The van der Waals surface area contributed by atoms with Gasteiger partial charge in [-0.05, 0) is 43.4 Å². The minimum atomic E-state index is 0.0233. The predicted octanol–water partition coefficient (Wildman–Crippen LogP) is 3.28. The van der Waals surface area contributed by atoms with E-state index in [0.717, 1.165) is 18.4 Å². The Balaban J connectivity index is 2.09. The van der Waals surface area contributed by atoms with Crippen molar-refractivity contribution in [1.82, 2.24) is 5.32 Å². The van der Waals surface area contributed by atoms with Gasteiger partial charge in [0.25, 0.3) is 5.91 Å². The van der Waals surface area contributed by atoms with Crippen molar-refractivity contribution in [3.63, 3.8) is 0 Å². The summed E-state index contributed by atoms with van der Waals surface area (Å²) in [4.78, 5) is 12.4. The molecule has 104 valence electrons. The second-order valence-electron chi connectivity index (χ2n) is 5.55. The molecular weight excluding hydrogens is 236 g/mol. The fraction of sp³-hybridized carbons (Fsp3) is 0.562. The molecule has 1 amide bonds. The highest BCUT2D eigenvalue weighted by Crippen LogP contribution is 2.27. The lowest BCUT2D eigenvalue weighted by Crippen LogP contribution is -2.42. The van der Waals surface area contributed by atoms with Gasteiger partial charge in [0.05, 0.1) is 0 Å². The van der Waals surface area contributed by atoms with E-state index >= 15 is 0 Å². The molecule has 2 atom stereocenters. The summed E-state index contributed by atoms with van der Waals surface area (Å²) in [6.45, 7) is 4.11. The Labute approximate surface area is 115 Å². The second-order valence-corrected chi connectivity index (χ2v) is 5.55. The topological polar surface area (TPSA) is 55.1 Å². The molecule has 3 nitrogen and oxygen atoms in total. The number of hydrogen-bond donors (Lipinski definition) is 2. The van der Waals surface area contributed by atoms with Crippen molar-refractivity contribution >= 4 is 11.6 Å². The van der Waals surface area contributed by atoms with E-state index in [2.05, 4.69) is 12.2 Å². The van der Waals surface area contributed by atoms with E-state index in [1.54, 1.807) is 0 Å². The number of amides is 1. The lowest BCUT2D eigenvalue weighted by Gasteiger charge is -2.31. The van der Waals surface area contributed by atoms with Crippen LogP contribution in [0.4, 0.5) is 5.69 Å². The van der Waals surface area contributed by atoms with Gasteiger partial charge in [0, 0.05) is 17.3 Å². The SMILES string of the molecule is CCC1CCCCC1NC(=O)c1cccc(N)c1C. The number of carbonyl (C=O) groups is 1. The largest absolute Gasteiger partial charge is 0.398 e. The van der Waals surface area contributed by atoms with Crippen LogP contribution in [0, 0.1) is 12.8 Å². The van der Waals surface area contributed by atoms with Crippen molar-refractivity contribution in [2.75, 3.05) is 5.73 Å². The van der Waals surface area contributed by atoms with E-state index in [1.165, 1.54) is 19.3 Å². The van der Waals surface area contributed by atoms with Crippen LogP contribution in [0.1, 0.15) is 54.9 Å². The summed E-state index contributed by atoms with van der Waals surface area (Å²) in [7, 11) is 0. The van der Waals surface area contributed by atoms with Gasteiger partial charge in [0.1, 0.15) is 0 Å². The maximum absolute atomic E-state index is 12.4. The van der Waals surface area contributed by atoms with Crippen molar-refractivity contribution in [2.45, 2.75) is 52.0 Å². The van der Waals surface area contributed by atoms with Crippen LogP contribution in [0.2, 0.25) is 0 Å². The number of nitrogen functional groups attached to an aromatic ring is 1. The Kier molecular flexibility index (Phi) is 4.46. The summed E-state index contributed by atoms with van der Waals surface area (Å²) in [6, 6.07) is 5.86. The van der Waals surface area contributed by atoms with Gasteiger partial charge >= 0.3 is 0 Å². The van der Waals surface area contributed by atoms with Crippen molar-refractivity contribution in [2.24, 2.45) is 5.92 Å². The molecule has 0 heterocycles. The summed E-state index contributed by atoms with van der Waals surface area (Å²) in [5, 5.41) is 3.21. The lowest BCUT2D eigenvalue weighted by molar-refractivity contribution is 0.0904. The normalized spacial score (nSPS) is 23.1. The van der Waals surface area contributed by atoms with Gasteiger partial charge in [0.15, 0.2) is 0 Å². The van der Waals surface area contributed by atoms with Crippen LogP contribution in [0.5, 0.6) is 0 Å². The van der Waals surface area contributed by atoms with Gasteiger partial charge in [-0.15, -0.1) is 0 Å².